The standard InChI is InChI=1S/C12H11N5O/c1-15-12(18)10-4-5-17(16-10)11-6-8(7-13)2-3-9(11)14/h2-6H,14H2,1H3,(H,15,18). The van der Waals surface area contributed by atoms with Gasteiger partial charge in [-0.15, -0.1) is 0 Å². The minimum Gasteiger partial charge on any atom is -0.397 e. The second-order valence-electron chi connectivity index (χ2n) is 3.61. The van der Waals surface area contributed by atoms with E-state index in [9.17, 15) is 4.79 Å². The Hall–Kier alpha value is -2.81. The van der Waals surface area contributed by atoms with Gasteiger partial charge in [-0.05, 0) is 24.3 Å². The van der Waals surface area contributed by atoms with Gasteiger partial charge < -0.3 is 11.1 Å². The van der Waals surface area contributed by atoms with Crippen molar-refractivity contribution in [1.29, 1.82) is 5.26 Å². The van der Waals surface area contributed by atoms with E-state index in [0.29, 0.717) is 22.6 Å². The normalized spacial score (nSPS) is 9.78. The number of nitriles is 1. The highest BCUT2D eigenvalue weighted by atomic mass is 16.1. The van der Waals surface area contributed by atoms with Crippen LogP contribution < -0.4 is 11.1 Å². The summed E-state index contributed by atoms with van der Waals surface area (Å²) < 4.78 is 1.47. The average Bonchev–Trinajstić information content (AvgIpc) is 2.88. The quantitative estimate of drug-likeness (QED) is 0.756. The van der Waals surface area contributed by atoms with Gasteiger partial charge in [-0.2, -0.15) is 10.4 Å². The molecule has 2 aromatic rings. The highest BCUT2D eigenvalue weighted by molar-refractivity contribution is 5.91. The van der Waals surface area contributed by atoms with E-state index >= 15 is 0 Å². The van der Waals surface area contributed by atoms with Gasteiger partial charge in [-0.25, -0.2) is 4.68 Å². The van der Waals surface area contributed by atoms with Crippen LogP contribution in [0.5, 0.6) is 0 Å². The van der Waals surface area contributed by atoms with Crippen molar-refractivity contribution in [2.75, 3.05) is 12.8 Å². The van der Waals surface area contributed by atoms with Gasteiger partial charge in [0.15, 0.2) is 5.69 Å². The molecule has 1 aromatic heterocycles. The third kappa shape index (κ3) is 2.01. The van der Waals surface area contributed by atoms with E-state index in [1.165, 1.54) is 11.7 Å². The maximum absolute atomic E-state index is 11.4. The summed E-state index contributed by atoms with van der Waals surface area (Å²) in [5.41, 5.74) is 7.66. The number of nitrogens with two attached hydrogens (primary N) is 1. The summed E-state index contributed by atoms with van der Waals surface area (Å²) in [5, 5.41) is 15.4. The Kier molecular flexibility index (Phi) is 2.98. The number of hydrogen-bond donors (Lipinski definition) is 2. The number of anilines is 1. The van der Waals surface area contributed by atoms with Crippen molar-refractivity contribution < 1.29 is 4.79 Å². The molecule has 0 atom stereocenters. The summed E-state index contributed by atoms with van der Waals surface area (Å²) in [5.74, 6) is -0.274. The average molecular weight is 241 g/mol. The Morgan fingerprint density at radius 1 is 1.50 bits per heavy atom. The third-order valence-electron chi connectivity index (χ3n) is 2.46. The number of nitrogen functional groups attached to an aromatic ring is 1. The molecule has 2 rings (SSSR count). The Morgan fingerprint density at radius 2 is 2.28 bits per heavy atom. The number of amides is 1. The molecule has 0 saturated carbocycles. The molecule has 0 unspecified atom stereocenters. The third-order valence-corrected chi connectivity index (χ3v) is 2.46. The first-order valence-electron chi connectivity index (χ1n) is 5.23. The number of carbonyl (C=O) groups is 1. The molecule has 6 heteroatoms. The maximum atomic E-state index is 11.4. The summed E-state index contributed by atoms with van der Waals surface area (Å²) in [7, 11) is 1.53. The van der Waals surface area contributed by atoms with Crippen molar-refractivity contribution in [3.05, 3.63) is 41.7 Å². The number of hydrogen-bond acceptors (Lipinski definition) is 4. The molecule has 0 bridgehead atoms. The molecule has 90 valence electrons. The zero-order valence-corrected chi connectivity index (χ0v) is 9.71. The van der Waals surface area contributed by atoms with Crippen LogP contribution in [-0.4, -0.2) is 22.7 Å². The molecule has 1 heterocycles. The van der Waals surface area contributed by atoms with Crippen LogP contribution in [0.2, 0.25) is 0 Å². The zero-order valence-electron chi connectivity index (χ0n) is 9.71. The monoisotopic (exact) mass is 241 g/mol. The largest absolute Gasteiger partial charge is 0.397 e. The maximum Gasteiger partial charge on any atom is 0.271 e. The van der Waals surface area contributed by atoms with Crippen molar-refractivity contribution in [2.24, 2.45) is 0 Å². The lowest BCUT2D eigenvalue weighted by molar-refractivity contribution is 0.0957. The topological polar surface area (TPSA) is 96.7 Å². The molecule has 0 aliphatic heterocycles. The molecule has 6 nitrogen and oxygen atoms in total. The molecular weight excluding hydrogens is 230 g/mol. The zero-order chi connectivity index (χ0) is 13.1. The van der Waals surface area contributed by atoms with Crippen LogP contribution in [-0.2, 0) is 0 Å². The molecule has 0 spiro atoms. The van der Waals surface area contributed by atoms with E-state index < -0.39 is 0 Å². The Labute approximate surface area is 104 Å². The SMILES string of the molecule is CNC(=O)c1ccn(-c2cc(C#N)ccc2N)n1. The molecule has 0 fully saturated rings. The van der Waals surface area contributed by atoms with Gasteiger partial charge >= 0.3 is 0 Å². The molecule has 18 heavy (non-hydrogen) atoms. The van der Waals surface area contributed by atoms with E-state index in [-0.39, 0.29) is 5.91 Å². The minimum absolute atomic E-state index is 0.274. The van der Waals surface area contributed by atoms with Crippen molar-refractivity contribution >= 4 is 11.6 Å². The van der Waals surface area contributed by atoms with Crippen molar-refractivity contribution in [2.45, 2.75) is 0 Å². The van der Waals surface area contributed by atoms with Crippen molar-refractivity contribution in [3.63, 3.8) is 0 Å². The van der Waals surface area contributed by atoms with E-state index in [1.54, 1.807) is 30.5 Å². The molecule has 0 aliphatic rings. The second kappa shape index (κ2) is 4.59. The van der Waals surface area contributed by atoms with E-state index in [2.05, 4.69) is 10.4 Å². The van der Waals surface area contributed by atoms with Gasteiger partial charge in [0.1, 0.15) is 0 Å². The lowest BCUT2D eigenvalue weighted by Crippen LogP contribution is -2.18. The van der Waals surface area contributed by atoms with Crippen LogP contribution in [0, 0.1) is 11.3 Å². The van der Waals surface area contributed by atoms with Crippen molar-refractivity contribution in [3.8, 4) is 11.8 Å². The Bertz CT molecular complexity index is 638. The fraction of sp³-hybridized carbons (Fsp3) is 0.0833. The lowest BCUT2D eigenvalue weighted by atomic mass is 10.2. The lowest BCUT2D eigenvalue weighted by Gasteiger charge is -2.05. The second-order valence-corrected chi connectivity index (χ2v) is 3.61. The molecular formula is C12H11N5O. The van der Waals surface area contributed by atoms with Crippen LogP contribution in [0.25, 0.3) is 5.69 Å². The first-order valence-corrected chi connectivity index (χ1v) is 5.23. The molecule has 1 aromatic carbocycles. The van der Waals surface area contributed by atoms with Gasteiger partial charge in [0.25, 0.3) is 5.91 Å². The summed E-state index contributed by atoms with van der Waals surface area (Å²) in [4.78, 5) is 11.4. The number of benzene rings is 1. The van der Waals surface area contributed by atoms with Gasteiger partial charge in [-0.1, -0.05) is 0 Å². The summed E-state index contributed by atoms with van der Waals surface area (Å²) >= 11 is 0. The first-order chi connectivity index (χ1) is 8.65. The van der Waals surface area contributed by atoms with Gasteiger partial charge in [0, 0.05) is 13.2 Å². The fourth-order valence-corrected chi connectivity index (χ4v) is 1.52. The predicted molar refractivity (Wildman–Crippen MR) is 66.1 cm³/mol. The number of nitrogens with one attached hydrogen (secondary N) is 1. The number of rotatable bonds is 2. The summed E-state index contributed by atoms with van der Waals surface area (Å²) in [6, 6.07) is 8.49. The molecule has 0 saturated heterocycles. The smallest absolute Gasteiger partial charge is 0.271 e. The highest BCUT2D eigenvalue weighted by Crippen LogP contribution is 2.18. The molecule has 0 radical (unpaired) electrons. The predicted octanol–water partition coefficient (Wildman–Crippen LogP) is 0.686. The highest BCUT2D eigenvalue weighted by Gasteiger charge is 2.10. The summed E-state index contributed by atoms with van der Waals surface area (Å²) in [6.07, 6.45) is 1.62. The number of aromatic nitrogens is 2. The van der Waals surface area contributed by atoms with Crippen LogP contribution in [0.4, 0.5) is 5.69 Å². The number of nitrogens with zero attached hydrogens (tertiary/aromatic N) is 3. The van der Waals surface area contributed by atoms with Gasteiger partial charge in [-0.3, -0.25) is 4.79 Å². The van der Waals surface area contributed by atoms with Gasteiger partial charge in [0.05, 0.1) is 23.0 Å². The van der Waals surface area contributed by atoms with Crippen LogP contribution in [0.1, 0.15) is 16.1 Å². The Balaban J connectivity index is 2.46. The van der Waals surface area contributed by atoms with Crippen LogP contribution >= 0.6 is 0 Å². The van der Waals surface area contributed by atoms with E-state index in [4.69, 9.17) is 11.0 Å². The first kappa shape index (κ1) is 11.7. The van der Waals surface area contributed by atoms with Gasteiger partial charge in [0.2, 0.25) is 0 Å². The van der Waals surface area contributed by atoms with Crippen LogP contribution in [0.15, 0.2) is 30.5 Å². The molecule has 0 aliphatic carbocycles. The van der Waals surface area contributed by atoms with Crippen LogP contribution in [0.3, 0.4) is 0 Å². The molecule has 3 N–H and O–H groups in total. The van der Waals surface area contributed by atoms with E-state index in [0.717, 1.165) is 0 Å². The molecule has 1 amide bonds. The van der Waals surface area contributed by atoms with E-state index in [1.807, 2.05) is 6.07 Å². The Morgan fingerprint density at radius 3 is 2.94 bits per heavy atom. The minimum atomic E-state index is -0.274. The fourth-order valence-electron chi connectivity index (χ4n) is 1.52. The number of carbonyl (C=O) groups excluding carboxylic acids is 1. The van der Waals surface area contributed by atoms with Crippen molar-refractivity contribution in [1.82, 2.24) is 15.1 Å². The summed E-state index contributed by atoms with van der Waals surface area (Å²) in [6.45, 7) is 0.